The average molecular weight is 383 g/mol. The molecule has 1 N–H and O–H groups in total. The molecule has 2 nitrogen and oxygen atoms in total. The highest BCUT2D eigenvalue weighted by Gasteiger charge is 2.35. The van der Waals surface area contributed by atoms with Crippen molar-refractivity contribution in [2.24, 2.45) is 11.3 Å². The van der Waals surface area contributed by atoms with E-state index in [4.69, 9.17) is 0 Å². The van der Waals surface area contributed by atoms with Crippen LogP contribution in [0.25, 0.3) is 0 Å². The lowest BCUT2D eigenvalue weighted by molar-refractivity contribution is -0.150. The van der Waals surface area contributed by atoms with Gasteiger partial charge in [0.05, 0.1) is 5.41 Å². The largest absolute Gasteiger partial charge is 0.481 e. The van der Waals surface area contributed by atoms with E-state index in [2.05, 4.69) is 13.8 Å². The third kappa shape index (κ3) is 14.2. The molecule has 0 aromatic carbocycles. The van der Waals surface area contributed by atoms with Crippen LogP contribution in [0.4, 0.5) is 0 Å². The lowest BCUT2D eigenvalue weighted by atomic mass is 9.73. The van der Waals surface area contributed by atoms with Crippen molar-refractivity contribution >= 4 is 5.97 Å². The average Bonchev–Trinajstić information content (AvgIpc) is 2.63. The van der Waals surface area contributed by atoms with E-state index in [9.17, 15) is 9.90 Å². The van der Waals surface area contributed by atoms with Gasteiger partial charge in [0, 0.05) is 0 Å². The van der Waals surface area contributed by atoms with Crippen LogP contribution in [0, 0.1) is 11.3 Å². The fourth-order valence-electron chi connectivity index (χ4n) is 4.09. The molecule has 0 aliphatic rings. The SMILES string of the molecule is CCCCCCCCCCC(CCCCCCCCCC)C(C)(C)C(=O)O. The summed E-state index contributed by atoms with van der Waals surface area (Å²) >= 11 is 0. The van der Waals surface area contributed by atoms with Gasteiger partial charge in [-0.15, -0.1) is 0 Å². The number of carboxylic acids is 1. The minimum absolute atomic E-state index is 0.329. The molecule has 2 heteroatoms. The number of rotatable bonds is 20. The Kier molecular flexibility index (Phi) is 17.2. The second-order valence-electron chi connectivity index (χ2n) is 9.25. The zero-order valence-corrected chi connectivity index (χ0v) is 19.2. The molecule has 0 aliphatic heterocycles. The summed E-state index contributed by atoms with van der Waals surface area (Å²) in [5.74, 6) is -0.290. The Hall–Kier alpha value is -0.530. The Balaban J connectivity index is 4.01. The van der Waals surface area contributed by atoms with Gasteiger partial charge in [-0.2, -0.15) is 0 Å². The summed E-state index contributed by atoms with van der Waals surface area (Å²) in [7, 11) is 0. The van der Waals surface area contributed by atoms with E-state index in [0.717, 1.165) is 12.8 Å². The molecule has 0 rings (SSSR count). The fourth-order valence-corrected chi connectivity index (χ4v) is 4.09. The lowest BCUT2D eigenvalue weighted by Gasteiger charge is -2.30. The van der Waals surface area contributed by atoms with Crippen LogP contribution in [0.2, 0.25) is 0 Å². The number of carboxylic acid groups (broad SMARTS) is 1. The highest BCUT2D eigenvalue weighted by atomic mass is 16.4. The predicted molar refractivity (Wildman–Crippen MR) is 119 cm³/mol. The van der Waals surface area contributed by atoms with Crippen LogP contribution in [-0.2, 0) is 4.79 Å². The first-order chi connectivity index (χ1) is 13.0. The molecule has 0 bridgehead atoms. The number of carbonyl (C=O) groups is 1. The van der Waals surface area contributed by atoms with Gasteiger partial charge in [-0.05, 0) is 32.6 Å². The predicted octanol–water partition coefficient (Wildman–Crippen LogP) is 8.78. The Labute approximate surface area is 170 Å². The zero-order valence-electron chi connectivity index (χ0n) is 19.2. The van der Waals surface area contributed by atoms with Crippen LogP contribution in [0.3, 0.4) is 0 Å². The Morgan fingerprint density at radius 1 is 0.630 bits per heavy atom. The van der Waals surface area contributed by atoms with Gasteiger partial charge in [0.2, 0.25) is 0 Å². The van der Waals surface area contributed by atoms with Crippen molar-refractivity contribution in [2.45, 2.75) is 143 Å². The number of aliphatic carboxylic acids is 1. The van der Waals surface area contributed by atoms with Crippen LogP contribution in [0.1, 0.15) is 143 Å². The van der Waals surface area contributed by atoms with E-state index in [1.165, 1.54) is 103 Å². The molecule has 0 aromatic heterocycles. The van der Waals surface area contributed by atoms with Crippen LogP contribution in [0.5, 0.6) is 0 Å². The minimum atomic E-state index is -0.619. The fraction of sp³-hybridized carbons (Fsp3) is 0.960. The highest BCUT2D eigenvalue weighted by Crippen LogP contribution is 2.35. The molecule has 0 saturated carbocycles. The summed E-state index contributed by atoms with van der Waals surface area (Å²) in [5.41, 5.74) is -0.581. The highest BCUT2D eigenvalue weighted by molar-refractivity contribution is 5.74. The monoisotopic (exact) mass is 382 g/mol. The molecule has 162 valence electrons. The maximum atomic E-state index is 11.7. The van der Waals surface area contributed by atoms with Gasteiger partial charge in [-0.25, -0.2) is 0 Å². The topological polar surface area (TPSA) is 37.3 Å². The second-order valence-corrected chi connectivity index (χ2v) is 9.25. The van der Waals surface area contributed by atoms with Gasteiger partial charge in [-0.3, -0.25) is 4.79 Å². The van der Waals surface area contributed by atoms with Gasteiger partial charge in [0.15, 0.2) is 0 Å². The first-order valence-corrected chi connectivity index (χ1v) is 12.2. The van der Waals surface area contributed by atoms with E-state index < -0.39 is 11.4 Å². The molecular formula is C25H50O2. The van der Waals surface area contributed by atoms with Gasteiger partial charge in [-0.1, -0.05) is 117 Å². The molecule has 0 spiro atoms. The molecule has 0 atom stereocenters. The molecule has 0 unspecified atom stereocenters. The third-order valence-electron chi connectivity index (χ3n) is 6.38. The van der Waals surface area contributed by atoms with E-state index in [1.54, 1.807) is 0 Å². The normalized spacial score (nSPS) is 12.0. The second kappa shape index (κ2) is 17.6. The van der Waals surface area contributed by atoms with Crippen LogP contribution in [-0.4, -0.2) is 11.1 Å². The van der Waals surface area contributed by atoms with Crippen molar-refractivity contribution in [1.82, 2.24) is 0 Å². The van der Waals surface area contributed by atoms with Crippen molar-refractivity contribution in [2.75, 3.05) is 0 Å². The van der Waals surface area contributed by atoms with Gasteiger partial charge < -0.3 is 5.11 Å². The van der Waals surface area contributed by atoms with Crippen molar-refractivity contribution in [3.8, 4) is 0 Å². The van der Waals surface area contributed by atoms with E-state index >= 15 is 0 Å². The summed E-state index contributed by atoms with van der Waals surface area (Å²) in [6.07, 6.45) is 23.3. The van der Waals surface area contributed by atoms with E-state index in [1.807, 2.05) is 13.8 Å². The smallest absolute Gasteiger partial charge is 0.309 e. The maximum absolute atomic E-state index is 11.7. The summed E-state index contributed by atoms with van der Waals surface area (Å²) in [6, 6.07) is 0. The quantitative estimate of drug-likeness (QED) is 0.214. The summed E-state index contributed by atoms with van der Waals surface area (Å²) in [5, 5.41) is 9.66. The first-order valence-electron chi connectivity index (χ1n) is 12.2. The van der Waals surface area contributed by atoms with Gasteiger partial charge in [0.1, 0.15) is 0 Å². The van der Waals surface area contributed by atoms with Gasteiger partial charge in [0.25, 0.3) is 0 Å². The van der Waals surface area contributed by atoms with Crippen molar-refractivity contribution in [3.63, 3.8) is 0 Å². The molecule has 0 saturated heterocycles. The summed E-state index contributed by atoms with van der Waals surface area (Å²) < 4.78 is 0. The standard InChI is InChI=1S/C25H50O2/c1-5-7-9-11-13-15-17-19-21-23(25(3,4)24(26)27)22-20-18-16-14-12-10-8-6-2/h23H,5-22H2,1-4H3,(H,26,27). The summed E-state index contributed by atoms with van der Waals surface area (Å²) in [6.45, 7) is 8.40. The van der Waals surface area contributed by atoms with E-state index in [0.29, 0.717) is 5.92 Å². The molecule has 0 radical (unpaired) electrons. The van der Waals surface area contributed by atoms with Gasteiger partial charge >= 0.3 is 5.97 Å². The number of hydrogen-bond acceptors (Lipinski definition) is 1. The van der Waals surface area contributed by atoms with E-state index in [-0.39, 0.29) is 0 Å². The van der Waals surface area contributed by atoms with Crippen molar-refractivity contribution < 1.29 is 9.90 Å². The zero-order chi connectivity index (χ0) is 20.4. The molecule has 0 heterocycles. The molecule has 0 amide bonds. The summed E-state index contributed by atoms with van der Waals surface area (Å²) in [4.78, 5) is 11.7. The molecule has 0 aliphatic carbocycles. The Morgan fingerprint density at radius 3 is 1.22 bits per heavy atom. The number of hydrogen-bond donors (Lipinski definition) is 1. The Morgan fingerprint density at radius 2 is 0.926 bits per heavy atom. The Bertz CT molecular complexity index is 315. The van der Waals surface area contributed by atoms with Crippen LogP contribution >= 0.6 is 0 Å². The van der Waals surface area contributed by atoms with Crippen molar-refractivity contribution in [3.05, 3.63) is 0 Å². The molecule has 27 heavy (non-hydrogen) atoms. The lowest BCUT2D eigenvalue weighted by Crippen LogP contribution is -2.33. The molecule has 0 aromatic rings. The number of unbranched alkanes of at least 4 members (excludes halogenated alkanes) is 14. The van der Waals surface area contributed by atoms with Crippen LogP contribution in [0.15, 0.2) is 0 Å². The van der Waals surface area contributed by atoms with Crippen molar-refractivity contribution in [1.29, 1.82) is 0 Å². The third-order valence-corrected chi connectivity index (χ3v) is 6.38. The minimum Gasteiger partial charge on any atom is -0.481 e. The van der Waals surface area contributed by atoms with Crippen LogP contribution < -0.4 is 0 Å². The maximum Gasteiger partial charge on any atom is 0.309 e. The first kappa shape index (κ1) is 26.5. The molecule has 0 fully saturated rings. The molecular weight excluding hydrogens is 332 g/mol.